The number of carbonyl (C=O) groups is 1. The second-order valence-corrected chi connectivity index (χ2v) is 8.66. The molecule has 9 nitrogen and oxygen atoms in total. The van der Waals surface area contributed by atoms with E-state index in [2.05, 4.69) is 25.7 Å². The highest BCUT2D eigenvalue weighted by Gasteiger charge is 2.20. The van der Waals surface area contributed by atoms with Crippen LogP contribution in [0.3, 0.4) is 0 Å². The first-order valence-corrected chi connectivity index (χ1v) is 11.1. The van der Waals surface area contributed by atoms with Crippen molar-refractivity contribution in [1.82, 2.24) is 30.3 Å². The molecule has 3 heterocycles. The molecule has 3 aromatic rings. The van der Waals surface area contributed by atoms with E-state index in [-0.39, 0.29) is 35.1 Å². The molecule has 1 fully saturated rings. The molecule has 0 spiro atoms. The molecule has 1 saturated heterocycles. The van der Waals surface area contributed by atoms with Crippen molar-refractivity contribution in [2.45, 2.75) is 42.9 Å². The van der Waals surface area contributed by atoms with Crippen LogP contribution in [0.25, 0.3) is 0 Å². The number of ether oxygens (including phenoxy) is 1. The average Bonchev–Trinajstić information content (AvgIpc) is 3.49. The predicted molar refractivity (Wildman–Crippen MR) is 109 cm³/mol. The van der Waals surface area contributed by atoms with Crippen molar-refractivity contribution in [2.24, 2.45) is 0 Å². The number of nitrogens with one attached hydrogen (secondary N) is 2. The van der Waals surface area contributed by atoms with Crippen LogP contribution in [-0.2, 0) is 23.6 Å². The molecule has 158 valence electrons. The summed E-state index contributed by atoms with van der Waals surface area (Å²) in [6.45, 7) is 1.45. The lowest BCUT2D eigenvalue weighted by Gasteiger charge is -2.10. The smallest absolute Gasteiger partial charge is 0.344 e. The molecule has 1 unspecified atom stereocenters. The number of aromatic nitrogens is 5. The third-order valence-corrected chi connectivity index (χ3v) is 6.58. The molecule has 12 heteroatoms. The fourth-order valence-electron chi connectivity index (χ4n) is 2.96. The summed E-state index contributed by atoms with van der Waals surface area (Å²) in [5.41, 5.74) is 0.513. The van der Waals surface area contributed by atoms with Gasteiger partial charge in [0.05, 0.1) is 18.4 Å². The number of hydrogen-bond donors (Lipinski definition) is 2. The summed E-state index contributed by atoms with van der Waals surface area (Å²) < 4.78 is 20.1. The van der Waals surface area contributed by atoms with E-state index >= 15 is 0 Å². The predicted octanol–water partition coefficient (Wildman–Crippen LogP) is 1.96. The number of carbonyl (C=O) groups excluding carboxylic acids is 1. The lowest BCUT2D eigenvalue weighted by Crippen LogP contribution is -2.24. The van der Waals surface area contributed by atoms with Crippen molar-refractivity contribution in [1.29, 1.82) is 0 Å². The normalized spacial score (nSPS) is 16.1. The van der Waals surface area contributed by atoms with Crippen LogP contribution in [-0.4, -0.2) is 43.6 Å². The van der Waals surface area contributed by atoms with Crippen LogP contribution < -0.4 is 11.0 Å². The Hall–Kier alpha value is -2.57. The van der Waals surface area contributed by atoms with E-state index in [9.17, 15) is 14.0 Å². The zero-order valence-electron chi connectivity index (χ0n) is 15.8. The van der Waals surface area contributed by atoms with Gasteiger partial charge in [-0.1, -0.05) is 35.2 Å². The van der Waals surface area contributed by atoms with Crippen LogP contribution in [0.2, 0.25) is 0 Å². The number of hydrogen-bond acceptors (Lipinski definition) is 8. The minimum atomic E-state index is -0.344. The van der Waals surface area contributed by atoms with Crippen molar-refractivity contribution in [3.05, 3.63) is 56.1 Å². The molecular formula is C18H19FN6O3S2. The number of nitrogens with zero attached hydrogens (tertiary/aromatic N) is 4. The lowest BCUT2D eigenvalue weighted by atomic mass is 10.2. The first-order chi connectivity index (χ1) is 14.6. The van der Waals surface area contributed by atoms with Crippen molar-refractivity contribution >= 4 is 29.0 Å². The van der Waals surface area contributed by atoms with Gasteiger partial charge in [0.1, 0.15) is 10.8 Å². The summed E-state index contributed by atoms with van der Waals surface area (Å²) in [7, 11) is 0. The number of benzene rings is 1. The van der Waals surface area contributed by atoms with Gasteiger partial charge in [0, 0.05) is 13.2 Å². The first kappa shape index (κ1) is 20.7. The number of thioether (sulfide) groups is 1. The molecule has 2 N–H and O–H groups in total. The van der Waals surface area contributed by atoms with Crippen LogP contribution in [0.15, 0.2) is 34.2 Å². The molecule has 0 aliphatic carbocycles. The van der Waals surface area contributed by atoms with E-state index in [0.717, 1.165) is 25.0 Å². The maximum absolute atomic E-state index is 12.9. The molecule has 0 bridgehead atoms. The fourth-order valence-corrected chi connectivity index (χ4v) is 4.65. The van der Waals surface area contributed by atoms with E-state index in [4.69, 9.17) is 4.74 Å². The Morgan fingerprint density at radius 1 is 1.37 bits per heavy atom. The summed E-state index contributed by atoms with van der Waals surface area (Å²) >= 11 is 2.52. The van der Waals surface area contributed by atoms with E-state index in [0.29, 0.717) is 22.5 Å². The molecular weight excluding hydrogens is 431 g/mol. The Morgan fingerprint density at radius 3 is 2.97 bits per heavy atom. The zero-order valence-corrected chi connectivity index (χ0v) is 17.5. The Kier molecular flexibility index (Phi) is 6.55. The SMILES string of the molecule is O=C(NCc1ccc(F)cc1)c1nnc(CSc2n[nH]c(=O)n2CC2CCCO2)s1. The number of aromatic amines is 1. The largest absolute Gasteiger partial charge is 0.376 e. The van der Waals surface area contributed by atoms with Gasteiger partial charge in [-0.25, -0.2) is 14.3 Å². The highest BCUT2D eigenvalue weighted by atomic mass is 32.2. The third-order valence-electron chi connectivity index (χ3n) is 4.49. The minimum absolute atomic E-state index is 0.0255. The summed E-state index contributed by atoms with van der Waals surface area (Å²) in [6, 6.07) is 5.90. The average molecular weight is 451 g/mol. The molecule has 0 radical (unpaired) electrons. The highest BCUT2D eigenvalue weighted by molar-refractivity contribution is 7.98. The minimum Gasteiger partial charge on any atom is -0.376 e. The van der Waals surface area contributed by atoms with Gasteiger partial charge in [0.25, 0.3) is 5.91 Å². The Morgan fingerprint density at radius 2 is 2.20 bits per heavy atom. The second kappa shape index (κ2) is 9.49. The zero-order chi connectivity index (χ0) is 20.9. The first-order valence-electron chi connectivity index (χ1n) is 9.33. The van der Waals surface area contributed by atoms with Crippen LogP contribution in [0, 0.1) is 5.82 Å². The maximum atomic E-state index is 12.9. The summed E-state index contributed by atoms with van der Waals surface area (Å²) in [5.74, 6) is -0.240. The van der Waals surface area contributed by atoms with E-state index in [1.165, 1.54) is 35.2 Å². The molecule has 1 aromatic carbocycles. The van der Waals surface area contributed by atoms with Gasteiger partial charge >= 0.3 is 5.69 Å². The van der Waals surface area contributed by atoms with Crippen LogP contribution in [0.4, 0.5) is 4.39 Å². The van der Waals surface area contributed by atoms with Gasteiger partial charge in [-0.2, -0.15) is 0 Å². The van der Waals surface area contributed by atoms with E-state index in [1.54, 1.807) is 16.7 Å². The fraction of sp³-hybridized carbons (Fsp3) is 0.389. The van der Waals surface area contributed by atoms with Crippen LogP contribution in [0.5, 0.6) is 0 Å². The van der Waals surface area contributed by atoms with Crippen molar-refractivity contribution in [2.75, 3.05) is 6.61 Å². The molecule has 4 rings (SSSR count). The Labute approximate surface area is 179 Å². The van der Waals surface area contributed by atoms with Gasteiger partial charge in [-0.3, -0.25) is 9.36 Å². The van der Waals surface area contributed by atoms with Crippen LogP contribution >= 0.6 is 23.1 Å². The molecule has 1 amide bonds. The highest BCUT2D eigenvalue weighted by Crippen LogP contribution is 2.23. The Balaban J connectivity index is 1.32. The molecule has 2 aromatic heterocycles. The van der Waals surface area contributed by atoms with Crippen LogP contribution in [0.1, 0.15) is 33.2 Å². The van der Waals surface area contributed by atoms with Gasteiger partial charge in [-0.05, 0) is 30.5 Å². The van der Waals surface area contributed by atoms with Gasteiger partial charge in [0.15, 0.2) is 5.16 Å². The lowest BCUT2D eigenvalue weighted by molar-refractivity contribution is 0.0940. The molecule has 1 aliphatic heterocycles. The van der Waals surface area contributed by atoms with Gasteiger partial charge in [0.2, 0.25) is 5.01 Å². The van der Waals surface area contributed by atoms with Crippen molar-refractivity contribution in [3.63, 3.8) is 0 Å². The molecule has 1 aliphatic rings. The standard InChI is InChI=1S/C18H19FN6O3S2/c19-12-5-3-11(4-6-12)8-20-15(26)16-22-21-14(30-16)10-29-18-24-23-17(27)25(18)9-13-2-1-7-28-13/h3-6,13H,1-2,7-10H2,(H,20,26)(H,23,27). The quantitative estimate of drug-likeness (QED) is 0.504. The molecule has 0 saturated carbocycles. The Bertz CT molecular complexity index is 1060. The van der Waals surface area contributed by atoms with Gasteiger partial charge < -0.3 is 10.1 Å². The number of amides is 1. The maximum Gasteiger partial charge on any atom is 0.344 e. The summed E-state index contributed by atoms with van der Waals surface area (Å²) in [6.07, 6.45) is 1.95. The van der Waals surface area contributed by atoms with E-state index in [1.807, 2.05) is 0 Å². The number of H-pyrrole nitrogens is 1. The van der Waals surface area contributed by atoms with Gasteiger partial charge in [-0.15, -0.1) is 15.3 Å². The van der Waals surface area contributed by atoms with Crippen molar-refractivity contribution in [3.8, 4) is 0 Å². The molecule has 30 heavy (non-hydrogen) atoms. The summed E-state index contributed by atoms with van der Waals surface area (Å²) in [5, 5.41) is 18.7. The monoisotopic (exact) mass is 450 g/mol. The summed E-state index contributed by atoms with van der Waals surface area (Å²) in [4.78, 5) is 24.3. The van der Waals surface area contributed by atoms with Crippen molar-refractivity contribution < 1.29 is 13.9 Å². The molecule has 1 atom stereocenters. The topological polar surface area (TPSA) is 115 Å². The number of halogens is 1. The number of rotatable bonds is 8. The third kappa shape index (κ3) is 5.12. The van der Waals surface area contributed by atoms with E-state index < -0.39 is 0 Å². The second-order valence-electron chi connectivity index (χ2n) is 6.66.